The third-order valence-corrected chi connectivity index (χ3v) is 2.47. The van der Waals surface area contributed by atoms with E-state index in [4.69, 9.17) is 4.74 Å². The molecule has 4 heteroatoms. The van der Waals surface area contributed by atoms with Crippen molar-refractivity contribution in [2.45, 2.75) is 25.1 Å². The van der Waals surface area contributed by atoms with Crippen LogP contribution in [0.4, 0.5) is 0 Å². The third-order valence-electron chi connectivity index (χ3n) is 1.18. The molecule has 0 aliphatic carbocycles. The Hall–Kier alpha value is 0.430. The van der Waals surface area contributed by atoms with Crippen molar-refractivity contribution in [3.63, 3.8) is 0 Å². The van der Waals surface area contributed by atoms with E-state index in [0.717, 1.165) is 11.8 Å². The van der Waals surface area contributed by atoms with Gasteiger partial charge in [0.15, 0.2) is 0 Å². The summed E-state index contributed by atoms with van der Waals surface area (Å²) in [6.45, 7) is 4.53. The molecule has 0 aliphatic rings. The van der Waals surface area contributed by atoms with E-state index in [1.54, 1.807) is 0 Å². The van der Waals surface area contributed by atoms with E-state index in [1.165, 1.54) is 0 Å². The summed E-state index contributed by atoms with van der Waals surface area (Å²) in [5.74, 6) is 0.237. The number of esters is 1. The van der Waals surface area contributed by atoms with Crippen LogP contribution >= 0.6 is 31.9 Å². The van der Waals surface area contributed by atoms with E-state index < -0.39 is 0 Å². The Bertz CT molecular complexity index is 137. The fraction of sp³-hybridized carbons (Fsp3) is 0.875. The molecule has 72 valence electrons. The highest BCUT2D eigenvalue weighted by atomic mass is 79.9. The van der Waals surface area contributed by atoms with Crippen molar-refractivity contribution in [1.82, 2.24) is 0 Å². The molecule has 0 rings (SSSR count). The van der Waals surface area contributed by atoms with Gasteiger partial charge >= 0.3 is 5.97 Å². The lowest BCUT2D eigenvalue weighted by Crippen LogP contribution is -2.20. The van der Waals surface area contributed by atoms with Crippen LogP contribution in [0, 0.1) is 5.92 Å². The minimum atomic E-state index is -0.171. The minimum Gasteiger partial charge on any atom is -0.465 e. The minimum absolute atomic E-state index is 0.164. The lowest BCUT2D eigenvalue weighted by Gasteiger charge is -2.10. The highest BCUT2D eigenvalue weighted by molar-refractivity contribution is 9.10. The molecule has 0 aromatic carbocycles. The summed E-state index contributed by atoms with van der Waals surface area (Å²) in [5, 5.41) is 0.805. The Morgan fingerprint density at radius 2 is 2.08 bits per heavy atom. The molecule has 0 saturated heterocycles. The molecule has 0 aliphatic heterocycles. The summed E-state index contributed by atoms with van der Waals surface area (Å²) in [4.78, 5) is 11.0. The first kappa shape index (κ1) is 12.4. The number of hydrogen-bond acceptors (Lipinski definition) is 2. The van der Waals surface area contributed by atoms with E-state index in [-0.39, 0.29) is 10.8 Å². The molecule has 12 heavy (non-hydrogen) atoms. The van der Waals surface area contributed by atoms with Gasteiger partial charge in [0.25, 0.3) is 0 Å². The molecule has 0 saturated carbocycles. The Balaban J connectivity index is 3.57. The van der Waals surface area contributed by atoms with Crippen LogP contribution in [-0.2, 0) is 9.53 Å². The predicted octanol–water partition coefficient (Wildman–Crippen LogP) is 2.73. The fourth-order valence-electron chi connectivity index (χ4n) is 0.553. The van der Waals surface area contributed by atoms with Crippen LogP contribution in [0.3, 0.4) is 0 Å². The first-order valence-electron chi connectivity index (χ1n) is 3.94. The van der Waals surface area contributed by atoms with Crippen LogP contribution in [0.1, 0.15) is 20.3 Å². The van der Waals surface area contributed by atoms with E-state index in [0.29, 0.717) is 12.5 Å². The Morgan fingerprint density at radius 3 is 2.50 bits per heavy atom. The summed E-state index contributed by atoms with van der Waals surface area (Å²) in [5.41, 5.74) is 0. The van der Waals surface area contributed by atoms with Crippen molar-refractivity contribution in [1.29, 1.82) is 0 Å². The molecular formula is C8H14Br2O2. The van der Waals surface area contributed by atoms with Gasteiger partial charge in [0.1, 0.15) is 4.83 Å². The quantitative estimate of drug-likeness (QED) is 0.576. The van der Waals surface area contributed by atoms with Gasteiger partial charge in [-0.3, -0.25) is 4.79 Å². The molecule has 0 aromatic heterocycles. The van der Waals surface area contributed by atoms with E-state index in [2.05, 4.69) is 31.9 Å². The summed E-state index contributed by atoms with van der Waals surface area (Å²) in [6, 6.07) is 0. The summed E-state index contributed by atoms with van der Waals surface area (Å²) < 4.78 is 5.01. The maximum atomic E-state index is 11.1. The zero-order valence-electron chi connectivity index (χ0n) is 7.35. The van der Waals surface area contributed by atoms with Crippen molar-refractivity contribution in [2.75, 3.05) is 11.9 Å². The average Bonchev–Trinajstić information content (AvgIpc) is 2.00. The summed E-state index contributed by atoms with van der Waals surface area (Å²) >= 11 is 6.51. The van der Waals surface area contributed by atoms with Gasteiger partial charge in [0.2, 0.25) is 0 Å². The first-order chi connectivity index (χ1) is 5.57. The largest absolute Gasteiger partial charge is 0.465 e. The molecule has 0 heterocycles. The zero-order valence-corrected chi connectivity index (χ0v) is 10.5. The maximum Gasteiger partial charge on any atom is 0.319 e. The number of rotatable bonds is 5. The van der Waals surface area contributed by atoms with Crippen LogP contribution < -0.4 is 0 Å². The summed E-state index contributed by atoms with van der Waals surface area (Å²) in [6.07, 6.45) is 0.761. The molecule has 0 bridgehead atoms. The van der Waals surface area contributed by atoms with Crippen molar-refractivity contribution in [3.05, 3.63) is 0 Å². The zero-order chi connectivity index (χ0) is 9.56. The van der Waals surface area contributed by atoms with Crippen molar-refractivity contribution in [3.8, 4) is 0 Å². The van der Waals surface area contributed by atoms with E-state index in [1.807, 2.05) is 13.8 Å². The fourth-order valence-corrected chi connectivity index (χ4v) is 1.99. The Labute approximate surface area is 90.3 Å². The number of alkyl halides is 2. The number of ether oxygens (including phenoxy) is 1. The van der Waals surface area contributed by atoms with Crippen molar-refractivity contribution < 1.29 is 9.53 Å². The Kier molecular flexibility index (Phi) is 7.14. The van der Waals surface area contributed by atoms with Crippen LogP contribution in [0.2, 0.25) is 0 Å². The lowest BCUT2D eigenvalue weighted by atomic mass is 10.2. The van der Waals surface area contributed by atoms with Gasteiger partial charge in [0, 0.05) is 5.33 Å². The van der Waals surface area contributed by atoms with Crippen LogP contribution in [0.25, 0.3) is 0 Å². The first-order valence-corrected chi connectivity index (χ1v) is 5.98. The van der Waals surface area contributed by atoms with E-state index in [9.17, 15) is 4.79 Å². The SMILES string of the molecule is CC(C)COC(=O)C(Br)CCBr. The van der Waals surface area contributed by atoms with Gasteiger partial charge < -0.3 is 4.74 Å². The molecule has 0 radical (unpaired) electrons. The van der Waals surface area contributed by atoms with Crippen molar-refractivity contribution >= 4 is 37.8 Å². The van der Waals surface area contributed by atoms with Gasteiger partial charge in [-0.1, -0.05) is 45.7 Å². The van der Waals surface area contributed by atoms with Gasteiger partial charge in [-0.05, 0) is 12.3 Å². The molecule has 2 nitrogen and oxygen atoms in total. The van der Waals surface area contributed by atoms with Gasteiger partial charge in [-0.2, -0.15) is 0 Å². The Morgan fingerprint density at radius 1 is 1.50 bits per heavy atom. The normalized spacial score (nSPS) is 13.1. The maximum absolute atomic E-state index is 11.1. The lowest BCUT2D eigenvalue weighted by molar-refractivity contribution is -0.143. The number of hydrogen-bond donors (Lipinski definition) is 0. The molecule has 0 spiro atoms. The number of carbonyl (C=O) groups is 1. The number of carbonyl (C=O) groups excluding carboxylic acids is 1. The second-order valence-corrected chi connectivity index (χ2v) is 4.87. The van der Waals surface area contributed by atoms with Gasteiger partial charge in [-0.15, -0.1) is 0 Å². The van der Waals surface area contributed by atoms with Crippen LogP contribution in [0.5, 0.6) is 0 Å². The number of halogens is 2. The van der Waals surface area contributed by atoms with Crippen LogP contribution in [-0.4, -0.2) is 22.7 Å². The molecular weight excluding hydrogens is 288 g/mol. The second-order valence-electron chi connectivity index (χ2n) is 2.97. The smallest absolute Gasteiger partial charge is 0.319 e. The van der Waals surface area contributed by atoms with Crippen molar-refractivity contribution in [2.24, 2.45) is 5.92 Å². The average molecular weight is 302 g/mol. The highest BCUT2D eigenvalue weighted by Gasteiger charge is 2.15. The molecule has 0 aromatic rings. The molecule has 0 fully saturated rings. The van der Waals surface area contributed by atoms with Gasteiger partial charge in [-0.25, -0.2) is 0 Å². The molecule has 1 unspecified atom stereocenters. The second kappa shape index (κ2) is 6.89. The topological polar surface area (TPSA) is 26.3 Å². The van der Waals surface area contributed by atoms with E-state index >= 15 is 0 Å². The molecule has 0 amide bonds. The summed E-state index contributed by atoms with van der Waals surface area (Å²) in [7, 11) is 0. The van der Waals surface area contributed by atoms with Gasteiger partial charge in [0.05, 0.1) is 6.61 Å². The monoisotopic (exact) mass is 300 g/mol. The third kappa shape index (κ3) is 6.00. The molecule has 0 N–H and O–H groups in total. The standard InChI is InChI=1S/C8H14Br2O2/c1-6(2)5-12-8(11)7(10)3-4-9/h6-7H,3-5H2,1-2H3. The van der Waals surface area contributed by atoms with Crippen LogP contribution in [0.15, 0.2) is 0 Å². The molecule has 1 atom stereocenters. The predicted molar refractivity (Wildman–Crippen MR) is 56.9 cm³/mol. The highest BCUT2D eigenvalue weighted by Crippen LogP contribution is 2.09.